The second-order valence-electron chi connectivity index (χ2n) is 5.35. The number of hydrogen-bond acceptors (Lipinski definition) is 3. The van der Waals surface area contributed by atoms with E-state index in [-0.39, 0.29) is 18.3 Å². The van der Waals surface area contributed by atoms with Crippen LogP contribution in [-0.2, 0) is 11.3 Å². The molecule has 118 valence electrons. The van der Waals surface area contributed by atoms with Gasteiger partial charge in [-0.25, -0.2) is 0 Å². The van der Waals surface area contributed by atoms with E-state index < -0.39 is 0 Å². The molecule has 0 aliphatic carbocycles. The molecule has 1 aliphatic rings. The number of rotatable bonds is 6. The lowest BCUT2D eigenvalue weighted by atomic mass is 10.0. The average Bonchev–Trinajstić information content (AvgIpc) is 2.94. The monoisotopic (exact) mass is 312 g/mol. The van der Waals surface area contributed by atoms with E-state index in [2.05, 4.69) is 5.32 Å². The van der Waals surface area contributed by atoms with Crippen molar-refractivity contribution in [3.63, 3.8) is 0 Å². The van der Waals surface area contributed by atoms with Gasteiger partial charge in [-0.1, -0.05) is 18.2 Å². The van der Waals surface area contributed by atoms with Crippen LogP contribution in [0.5, 0.6) is 5.75 Å². The number of hydrogen-bond donors (Lipinski definition) is 1. The van der Waals surface area contributed by atoms with Gasteiger partial charge in [0.05, 0.1) is 6.61 Å². The SMILES string of the molecule is CCOc1ccccc1CN(C)C(=O)CC1CCNC1.Cl. The number of nitrogens with zero attached hydrogens (tertiary/aromatic N) is 1. The van der Waals surface area contributed by atoms with Crippen molar-refractivity contribution in [2.45, 2.75) is 26.3 Å². The number of ether oxygens (including phenoxy) is 1. The number of para-hydroxylation sites is 1. The number of halogens is 1. The molecule has 0 radical (unpaired) electrons. The van der Waals surface area contributed by atoms with Crippen molar-refractivity contribution >= 4 is 18.3 Å². The molecule has 1 heterocycles. The third-order valence-electron chi connectivity index (χ3n) is 3.73. The molecule has 4 nitrogen and oxygen atoms in total. The smallest absolute Gasteiger partial charge is 0.222 e. The lowest BCUT2D eigenvalue weighted by molar-refractivity contribution is -0.131. The number of nitrogens with one attached hydrogen (secondary N) is 1. The van der Waals surface area contributed by atoms with Gasteiger partial charge in [-0.2, -0.15) is 0 Å². The summed E-state index contributed by atoms with van der Waals surface area (Å²) in [5.74, 6) is 1.58. The second kappa shape index (κ2) is 8.90. The minimum atomic E-state index is 0. The quantitative estimate of drug-likeness (QED) is 0.877. The van der Waals surface area contributed by atoms with Crippen molar-refractivity contribution in [1.82, 2.24) is 10.2 Å². The Morgan fingerprint density at radius 1 is 1.43 bits per heavy atom. The van der Waals surface area contributed by atoms with E-state index >= 15 is 0 Å². The second-order valence-corrected chi connectivity index (χ2v) is 5.35. The maximum atomic E-state index is 12.2. The van der Waals surface area contributed by atoms with Crippen molar-refractivity contribution in [3.05, 3.63) is 29.8 Å². The summed E-state index contributed by atoms with van der Waals surface area (Å²) >= 11 is 0. The molecule has 5 heteroatoms. The van der Waals surface area contributed by atoms with E-state index in [1.54, 1.807) is 4.90 Å². The van der Waals surface area contributed by atoms with Crippen molar-refractivity contribution < 1.29 is 9.53 Å². The highest BCUT2D eigenvalue weighted by Gasteiger charge is 2.20. The molecule has 1 N–H and O–H groups in total. The Morgan fingerprint density at radius 2 is 2.19 bits per heavy atom. The molecule has 1 atom stereocenters. The number of carbonyl (C=O) groups is 1. The van der Waals surface area contributed by atoms with E-state index in [1.165, 1.54) is 0 Å². The Bertz CT molecular complexity index is 448. The topological polar surface area (TPSA) is 41.6 Å². The van der Waals surface area contributed by atoms with Crippen LogP contribution in [0, 0.1) is 5.92 Å². The van der Waals surface area contributed by atoms with Gasteiger partial charge in [0.1, 0.15) is 5.75 Å². The molecule has 1 aromatic carbocycles. The Balaban J connectivity index is 0.00000220. The molecular formula is C16H25ClN2O2. The number of amides is 1. The van der Waals surface area contributed by atoms with E-state index in [1.807, 2.05) is 38.2 Å². The van der Waals surface area contributed by atoms with Crippen LogP contribution in [0.15, 0.2) is 24.3 Å². The Hall–Kier alpha value is -1.26. The van der Waals surface area contributed by atoms with E-state index in [0.717, 1.165) is 30.8 Å². The standard InChI is InChI=1S/C16H24N2O2.ClH/c1-3-20-15-7-5-4-6-14(15)12-18(2)16(19)10-13-8-9-17-11-13;/h4-7,13,17H,3,8-12H2,1-2H3;1H. The molecule has 2 rings (SSSR count). The zero-order chi connectivity index (χ0) is 14.4. The van der Waals surface area contributed by atoms with Crippen LogP contribution in [0.1, 0.15) is 25.3 Å². The largest absolute Gasteiger partial charge is 0.494 e. The molecule has 1 amide bonds. The van der Waals surface area contributed by atoms with Crippen molar-refractivity contribution in [2.75, 3.05) is 26.7 Å². The molecule has 1 unspecified atom stereocenters. The molecule has 1 fully saturated rings. The van der Waals surface area contributed by atoms with Crippen LogP contribution in [0.2, 0.25) is 0 Å². The van der Waals surface area contributed by atoms with Crippen LogP contribution in [0.3, 0.4) is 0 Å². The van der Waals surface area contributed by atoms with Crippen LogP contribution in [0.25, 0.3) is 0 Å². The lowest BCUT2D eigenvalue weighted by Crippen LogP contribution is -2.28. The summed E-state index contributed by atoms with van der Waals surface area (Å²) in [5, 5.41) is 3.30. The number of benzene rings is 1. The van der Waals surface area contributed by atoms with Gasteiger partial charge in [0, 0.05) is 25.6 Å². The maximum Gasteiger partial charge on any atom is 0.222 e. The minimum Gasteiger partial charge on any atom is -0.494 e. The first kappa shape index (κ1) is 17.8. The molecule has 0 saturated carbocycles. The molecule has 0 aromatic heterocycles. The Kier molecular flexibility index (Phi) is 7.54. The highest BCUT2D eigenvalue weighted by Crippen LogP contribution is 2.20. The van der Waals surface area contributed by atoms with Gasteiger partial charge in [-0.15, -0.1) is 12.4 Å². The van der Waals surface area contributed by atoms with Gasteiger partial charge in [0.15, 0.2) is 0 Å². The molecule has 21 heavy (non-hydrogen) atoms. The Morgan fingerprint density at radius 3 is 2.86 bits per heavy atom. The van der Waals surface area contributed by atoms with E-state index in [9.17, 15) is 4.79 Å². The lowest BCUT2D eigenvalue weighted by Gasteiger charge is -2.20. The molecule has 1 aromatic rings. The summed E-state index contributed by atoms with van der Waals surface area (Å²) in [5.41, 5.74) is 1.06. The third kappa shape index (κ3) is 5.21. The normalized spacial score (nSPS) is 17.1. The van der Waals surface area contributed by atoms with E-state index in [0.29, 0.717) is 25.5 Å². The van der Waals surface area contributed by atoms with Crippen molar-refractivity contribution in [1.29, 1.82) is 0 Å². The van der Waals surface area contributed by atoms with E-state index in [4.69, 9.17) is 4.74 Å². The summed E-state index contributed by atoms with van der Waals surface area (Å²) in [6, 6.07) is 7.92. The van der Waals surface area contributed by atoms with Crippen LogP contribution in [-0.4, -0.2) is 37.6 Å². The molecule has 1 aliphatic heterocycles. The predicted molar refractivity (Wildman–Crippen MR) is 86.9 cm³/mol. The van der Waals surface area contributed by atoms with Gasteiger partial charge in [-0.3, -0.25) is 4.79 Å². The molecule has 0 spiro atoms. The summed E-state index contributed by atoms with van der Waals surface area (Å²) in [6.07, 6.45) is 1.75. The highest BCUT2D eigenvalue weighted by molar-refractivity contribution is 5.85. The zero-order valence-electron chi connectivity index (χ0n) is 12.8. The minimum absolute atomic E-state index is 0. The van der Waals surface area contributed by atoms with Crippen LogP contribution in [0.4, 0.5) is 0 Å². The van der Waals surface area contributed by atoms with Gasteiger partial charge in [-0.05, 0) is 38.4 Å². The summed E-state index contributed by atoms with van der Waals surface area (Å²) in [4.78, 5) is 14.0. The molecular weight excluding hydrogens is 288 g/mol. The van der Waals surface area contributed by atoms with Crippen molar-refractivity contribution in [3.8, 4) is 5.75 Å². The van der Waals surface area contributed by atoms with Gasteiger partial charge < -0.3 is 15.0 Å². The first-order chi connectivity index (χ1) is 9.70. The molecule has 0 bridgehead atoms. The first-order valence-corrected chi connectivity index (χ1v) is 7.36. The fourth-order valence-corrected chi connectivity index (χ4v) is 2.57. The number of carbonyl (C=O) groups excluding carboxylic acids is 1. The van der Waals surface area contributed by atoms with Crippen LogP contribution >= 0.6 is 12.4 Å². The average molecular weight is 313 g/mol. The molecule has 1 saturated heterocycles. The summed E-state index contributed by atoms with van der Waals surface area (Å²) in [6.45, 7) is 5.22. The van der Waals surface area contributed by atoms with Gasteiger partial charge >= 0.3 is 0 Å². The fraction of sp³-hybridized carbons (Fsp3) is 0.562. The maximum absolute atomic E-state index is 12.2. The highest BCUT2D eigenvalue weighted by atomic mass is 35.5. The first-order valence-electron chi connectivity index (χ1n) is 7.36. The zero-order valence-corrected chi connectivity index (χ0v) is 13.6. The van der Waals surface area contributed by atoms with Gasteiger partial charge in [0.2, 0.25) is 5.91 Å². The fourth-order valence-electron chi connectivity index (χ4n) is 2.57. The van der Waals surface area contributed by atoms with Crippen molar-refractivity contribution in [2.24, 2.45) is 5.92 Å². The Labute approximate surface area is 133 Å². The summed E-state index contributed by atoms with van der Waals surface area (Å²) < 4.78 is 5.60. The summed E-state index contributed by atoms with van der Waals surface area (Å²) in [7, 11) is 1.87. The predicted octanol–water partition coefficient (Wildman–Crippen LogP) is 2.47. The van der Waals surface area contributed by atoms with Crippen LogP contribution < -0.4 is 10.1 Å². The third-order valence-corrected chi connectivity index (χ3v) is 3.73. The van der Waals surface area contributed by atoms with Gasteiger partial charge in [0.25, 0.3) is 0 Å².